The first-order valence-corrected chi connectivity index (χ1v) is 7.55. The molecule has 1 aromatic rings. The monoisotopic (exact) mass is 306 g/mol. The van der Waals surface area contributed by atoms with Crippen LogP contribution in [0.15, 0.2) is 35.7 Å². The van der Waals surface area contributed by atoms with Crippen molar-refractivity contribution in [3.8, 4) is 5.75 Å². The summed E-state index contributed by atoms with van der Waals surface area (Å²) in [5, 5.41) is -0.514. The molecule has 6 nitrogen and oxygen atoms in total. The van der Waals surface area contributed by atoms with E-state index in [2.05, 4.69) is 0 Å². The molecule has 1 aromatic carbocycles. The Bertz CT molecular complexity index is 644. The molecule has 3 rings (SSSR count). The average molecular weight is 306 g/mol. The number of thioether (sulfide) groups is 1. The highest BCUT2D eigenvalue weighted by Gasteiger charge is 2.43. The number of carbonyl (C=O) groups excluding carboxylic acids is 2. The molecule has 2 heterocycles. The number of amides is 1. The Morgan fingerprint density at radius 3 is 3.05 bits per heavy atom. The van der Waals surface area contributed by atoms with Gasteiger partial charge >= 0.3 is 5.97 Å². The predicted octanol–water partition coefficient (Wildman–Crippen LogP) is 1.22. The molecule has 0 spiro atoms. The predicted molar refractivity (Wildman–Crippen MR) is 78.6 cm³/mol. The highest BCUT2D eigenvalue weighted by atomic mass is 32.2. The SMILES string of the molecule is CCOC(=O)C1=C(N)Oc2ccccc2N2C(=O)CS[C@H]12. The number of nitrogens with zero attached hydrogens (tertiary/aromatic N) is 1. The third-order valence-corrected chi connectivity index (χ3v) is 4.40. The van der Waals surface area contributed by atoms with Gasteiger partial charge in [0.2, 0.25) is 11.8 Å². The minimum absolute atomic E-state index is 0.0180. The van der Waals surface area contributed by atoms with Crippen molar-refractivity contribution in [3.05, 3.63) is 35.7 Å². The summed E-state index contributed by atoms with van der Waals surface area (Å²) in [4.78, 5) is 25.9. The van der Waals surface area contributed by atoms with Crippen molar-refractivity contribution in [1.29, 1.82) is 0 Å². The van der Waals surface area contributed by atoms with Crippen LogP contribution < -0.4 is 15.4 Å². The number of hydrogen-bond donors (Lipinski definition) is 1. The van der Waals surface area contributed by atoms with Gasteiger partial charge in [-0.05, 0) is 19.1 Å². The van der Waals surface area contributed by atoms with Crippen molar-refractivity contribution in [2.24, 2.45) is 5.73 Å². The van der Waals surface area contributed by atoms with E-state index in [1.165, 1.54) is 11.8 Å². The maximum Gasteiger partial charge on any atom is 0.342 e. The fourth-order valence-electron chi connectivity index (χ4n) is 2.35. The van der Waals surface area contributed by atoms with Gasteiger partial charge in [-0.3, -0.25) is 9.69 Å². The van der Waals surface area contributed by atoms with E-state index < -0.39 is 11.3 Å². The zero-order chi connectivity index (χ0) is 15.0. The number of anilines is 1. The summed E-state index contributed by atoms with van der Waals surface area (Å²) < 4.78 is 10.6. The number of ether oxygens (including phenoxy) is 2. The fraction of sp³-hybridized carbons (Fsp3) is 0.286. The van der Waals surface area contributed by atoms with Gasteiger partial charge in [-0.15, -0.1) is 11.8 Å². The molecule has 0 unspecified atom stereocenters. The molecular weight excluding hydrogens is 292 g/mol. The second kappa shape index (κ2) is 5.33. The number of carbonyl (C=O) groups is 2. The summed E-state index contributed by atoms with van der Waals surface area (Å²) in [6.45, 7) is 1.94. The Morgan fingerprint density at radius 1 is 1.52 bits per heavy atom. The molecular formula is C14H14N2O4S. The van der Waals surface area contributed by atoms with Crippen molar-refractivity contribution in [1.82, 2.24) is 0 Å². The van der Waals surface area contributed by atoms with Crippen LogP contribution in [0.1, 0.15) is 6.92 Å². The topological polar surface area (TPSA) is 81.9 Å². The number of rotatable bonds is 2. The van der Waals surface area contributed by atoms with Gasteiger partial charge in [0.15, 0.2) is 5.75 Å². The first kappa shape index (κ1) is 13.8. The first-order chi connectivity index (χ1) is 10.1. The van der Waals surface area contributed by atoms with Gasteiger partial charge in [0.05, 0.1) is 18.0 Å². The van der Waals surface area contributed by atoms with E-state index in [0.717, 1.165) is 0 Å². The van der Waals surface area contributed by atoms with Crippen LogP contribution in [0, 0.1) is 0 Å². The molecule has 1 atom stereocenters. The van der Waals surface area contributed by atoms with Crippen molar-refractivity contribution in [2.75, 3.05) is 17.3 Å². The Morgan fingerprint density at radius 2 is 2.29 bits per heavy atom. The van der Waals surface area contributed by atoms with E-state index in [4.69, 9.17) is 15.2 Å². The van der Waals surface area contributed by atoms with E-state index in [9.17, 15) is 9.59 Å². The number of hydrogen-bond acceptors (Lipinski definition) is 6. The average Bonchev–Trinajstić information content (AvgIpc) is 2.76. The van der Waals surface area contributed by atoms with E-state index in [1.54, 1.807) is 36.1 Å². The summed E-state index contributed by atoms with van der Waals surface area (Å²) in [5.74, 6) is 0.0816. The number of fused-ring (bicyclic) bond motifs is 3. The van der Waals surface area contributed by atoms with Gasteiger partial charge in [0, 0.05) is 0 Å². The number of benzene rings is 1. The quantitative estimate of drug-likeness (QED) is 0.827. The molecule has 2 aliphatic heterocycles. The molecule has 0 aromatic heterocycles. The molecule has 21 heavy (non-hydrogen) atoms. The smallest absolute Gasteiger partial charge is 0.342 e. The summed E-state index contributed by atoms with van der Waals surface area (Å²) in [6.07, 6.45) is 0. The highest BCUT2D eigenvalue weighted by Crippen LogP contribution is 2.43. The van der Waals surface area contributed by atoms with Crippen LogP contribution in [0.25, 0.3) is 0 Å². The summed E-state index contributed by atoms with van der Waals surface area (Å²) in [6, 6.07) is 7.07. The molecule has 2 aliphatic rings. The Kier molecular flexibility index (Phi) is 3.50. The van der Waals surface area contributed by atoms with E-state index >= 15 is 0 Å². The lowest BCUT2D eigenvalue weighted by molar-refractivity contribution is -0.138. The molecule has 0 bridgehead atoms. The standard InChI is InChI=1S/C14H14N2O4S/c1-2-19-14(18)11-12(15)20-9-6-4-3-5-8(9)16-10(17)7-21-13(11)16/h3-6,13H,2,7,15H2,1H3/t13-/m1/s1. The molecule has 2 N–H and O–H groups in total. The Balaban J connectivity index is 2.12. The van der Waals surface area contributed by atoms with Crippen LogP contribution >= 0.6 is 11.8 Å². The molecule has 1 amide bonds. The van der Waals surface area contributed by atoms with E-state index in [-0.39, 0.29) is 29.7 Å². The second-order valence-electron chi connectivity index (χ2n) is 4.50. The van der Waals surface area contributed by atoms with Crippen LogP contribution in [0.5, 0.6) is 5.75 Å². The maximum atomic E-state index is 12.2. The van der Waals surface area contributed by atoms with Crippen LogP contribution in [0.4, 0.5) is 5.69 Å². The molecule has 110 valence electrons. The van der Waals surface area contributed by atoms with Crippen molar-refractivity contribution >= 4 is 29.3 Å². The van der Waals surface area contributed by atoms with Gasteiger partial charge in [-0.25, -0.2) is 4.79 Å². The maximum absolute atomic E-state index is 12.2. The van der Waals surface area contributed by atoms with Crippen molar-refractivity contribution in [3.63, 3.8) is 0 Å². The highest BCUT2D eigenvalue weighted by molar-refractivity contribution is 8.01. The van der Waals surface area contributed by atoms with Gasteiger partial charge in [0.1, 0.15) is 10.9 Å². The van der Waals surface area contributed by atoms with Crippen LogP contribution in [-0.2, 0) is 14.3 Å². The zero-order valence-electron chi connectivity index (χ0n) is 11.4. The molecule has 0 radical (unpaired) electrons. The fourth-order valence-corrected chi connectivity index (χ4v) is 3.54. The zero-order valence-corrected chi connectivity index (χ0v) is 12.2. The van der Waals surface area contributed by atoms with Crippen LogP contribution in [0.2, 0.25) is 0 Å². The second-order valence-corrected chi connectivity index (χ2v) is 5.56. The lowest BCUT2D eigenvalue weighted by Gasteiger charge is -2.23. The third kappa shape index (κ3) is 2.23. The summed E-state index contributed by atoms with van der Waals surface area (Å²) in [7, 11) is 0. The number of nitrogens with two attached hydrogens (primary N) is 1. The molecule has 1 fully saturated rings. The van der Waals surface area contributed by atoms with Crippen molar-refractivity contribution < 1.29 is 19.1 Å². The summed E-state index contributed by atoms with van der Waals surface area (Å²) >= 11 is 1.34. The van der Waals surface area contributed by atoms with Crippen LogP contribution in [0.3, 0.4) is 0 Å². The van der Waals surface area contributed by atoms with Gasteiger partial charge < -0.3 is 15.2 Å². The van der Waals surface area contributed by atoms with Gasteiger partial charge in [0.25, 0.3) is 0 Å². The van der Waals surface area contributed by atoms with Gasteiger partial charge in [-0.1, -0.05) is 12.1 Å². The molecule has 7 heteroatoms. The number of para-hydroxylation sites is 2. The number of esters is 1. The Labute approximate surface area is 125 Å². The third-order valence-electron chi connectivity index (χ3n) is 3.22. The molecule has 0 aliphatic carbocycles. The minimum Gasteiger partial charge on any atom is -0.462 e. The lowest BCUT2D eigenvalue weighted by Crippen LogP contribution is -2.36. The van der Waals surface area contributed by atoms with E-state index in [0.29, 0.717) is 11.4 Å². The molecule has 1 saturated heterocycles. The largest absolute Gasteiger partial charge is 0.462 e. The minimum atomic E-state index is -0.556. The molecule has 0 saturated carbocycles. The van der Waals surface area contributed by atoms with Crippen LogP contribution in [-0.4, -0.2) is 29.6 Å². The van der Waals surface area contributed by atoms with E-state index in [1.807, 2.05) is 0 Å². The lowest BCUT2D eigenvalue weighted by atomic mass is 10.2. The first-order valence-electron chi connectivity index (χ1n) is 6.50. The summed E-state index contributed by atoms with van der Waals surface area (Å²) in [5.41, 5.74) is 6.73. The normalized spacial score (nSPS) is 20.5. The van der Waals surface area contributed by atoms with Gasteiger partial charge in [-0.2, -0.15) is 0 Å². The Hall–Kier alpha value is -2.15. The van der Waals surface area contributed by atoms with Crippen molar-refractivity contribution in [2.45, 2.75) is 12.3 Å².